The minimum absolute atomic E-state index is 0.159. The van der Waals surface area contributed by atoms with Crippen molar-refractivity contribution in [3.05, 3.63) is 76.4 Å². The quantitative estimate of drug-likeness (QED) is 0.486. The number of esters is 1. The van der Waals surface area contributed by atoms with Crippen molar-refractivity contribution in [2.24, 2.45) is 0 Å². The number of rotatable bonds is 6. The number of aryl methyl sites for hydroxylation is 2. The minimum Gasteiger partial charge on any atom is -0.466 e. The summed E-state index contributed by atoms with van der Waals surface area (Å²) >= 11 is 3.50. The summed E-state index contributed by atoms with van der Waals surface area (Å²) in [5.74, 6) is -0.159. The normalized spacial score (nSPS) is 10.7. The predicted molar refractivity (Wildman–Crippen MR) is 109 cm³/mol. The summed E-state index contributed by atoms with van der Waals surface area (Å²) in [6.45, 7) is 4.33. The summed E-state index contributed by atoms with van der Waals surface area (Å²) in [6.07, 6.45) is 1.02. The molecule has 26 heavy (non-hydrogen) atoms. The number of aromatic nitrogens is 1. The third-order valence-electron chi connectivity index (χ3n) is 4.28. The topological polar surface area (TPSA) is 31.2 Å². The third kappa shape index (κ3) is 4.25. The second-order valence-electron chi connectivity index (χ2n) is 6.19. The van der Waals surface area contributed by atoms with Crippen LogP contribution in [0.25, 0.3) is 16.9 Å². The molecule has 0 radical (unpaired) electrons. The number of halogens is 1. The molecule has 0 aliphatic rings. The molecule has 3 nitrogen and oxygen atoms in total. The summed E-state index contributed by atoms with van der Waals surface area (Å²) in [7, 11) is 0. The lowest BCUT2D eigenvalue weighted by Gasteiger charge is -2.14. The van der Waals surface area contributed by atoms with E-state index in [1.54, 1.807) is 0 Å². The highest BCUT2D eigenvalue weighted by atomic mass is 79.9. The Morgan fingerprint density at radius 3 is 2.35 bits per heavy atom. The summed E-state index contributed by atoms with van der Waals surface area (Å²) in [5.41, 5.74) is 5.67. The van der Waals surface area contributed by atoms with Crippen LogP contribution in [0.4, 0.5) is 0 Å². The first-order valence-corrected chi connectivity index (χ1v) is 9.57. The Morgan fingerprint density at radius 1 is 1.00 bits per heavy atom. The van der Waals surface area contributed by atoms with Crippen LogP contribution in [0.2, 0.25) is 0 Å². The van der Waals surface area contributed by atoms with E-state index >= 15 is 0 Å². The average molecular weight is 412 g/mol. The molecular formula is C22H22BrNO2. The molecule has 0 saturated carbocycles. The van der Waals surface area contributed by atoms with E-state index in [1.165, 1.54) is 5.56 Å². The number of carbonyl (C=O) groups excluding carboxylic acids is 1. The van der Waals surface area contributed by atoms with E-state index in [1.807, 2.05) is 19.1 Å². The predicted octanol–water partition coefficient (Wildman–Crippen LogP) is 5.71. The van der Waals surface area contributed by atoms with Gasteiger partial charge < -0.3 is 9.30 Å². The molecule has 3 aromatic rings. The van der Waals surface area contributed by atoms with Crippen molar-refractivity contribution in [2.45, 2.75) is 26.7 Å². The number of carbonyl (C=O) groups is 1. The minimum atomic E-state index is -0.159. The van der Waals surface area contributed by atoms with Crippen LogP contribution in [0.1, 0.15) is 24.6 Å². The highest BCUT2D eigenvalue weighted by Crippen LogP contribution is 2.28. The van der Waals surface area contributed by atoms with Gasteiger partial charge in [0, 0.05) is 15.9 Å². The fraction of sp³-hybridized carbons (Fsp3) is 0.227. The summed E-state index contributed by atoms with van der Waals surface area (Å²) in [5, 5.41) is 0. The van der Waals surface area contributed by atoms with E-state index in [9.17, 15) is 4.79 Å². The SMILES string of the molecule is CCOC(=O)CCc1ccc(-c2ccc(C)cc2)n1-c1ccc(Br)cc1. The molecule has 0 saturated heterocycles. The molecule has 1 aromatic heterocycles. The Morgan fingerprint density at radius 2 is 1.69 bits per heavy atom. The van der Waals surface area contributed by atoms with Crippen molar-refractivity contribution in [3.8, 4) is 16.9 Å². The van der Waals surface area contributed by atoms with Gasteiger partial charge in [-0.05, 0) is 62.2 Å². The number of nitrogens with zero attached hydrogens (tertiary/aromatic N) is 1. The maximum absolute atomic E-state index is 11.8. The maximum atomic E-state index is 11.8. The largest absolute Gasteiger partial charge is 0.466 e. The van der Waals surface area contributed by atoms with E-state index in [-0.39, 0.29) is 5.97 Å². The molecule has 1 heterocycles. The van der Waals surface area contributed by atoms with Crippen LogP contribution in [0.15, 0.2) is 65.1 Å². The van der Waals surface area contributed by atoms with E-state index in [4.69, 9.17) is 4.74 Å². The van der Waals surface area contributed by atoms with Gasteiger partial charge in [-0.3, -0.25) is 4.79 Å². The highest BCUT2D eigenvalue weighted by Gasteiger charge is 2.13. The van der Waals surface area contributed by atoms with Gasteiger partial charge in [0.15, 0.2) is 0 Å². The zero-order valence-corrected chi connectivity index (χ0v) is 16.6. The first kappa shape index (κ1) is 18.5. The first-order valence-electron chi connectivity index (χ1n) is 8.77. The molecule has 0 amide bonds. The van der Waals surface area contributed by atoms with Gasteiger partial charge in [0.2, 0.25) is 0 Å². The van der Waals surface area contributed by atoms with Crippen LogP contribution in [0.5, 0.6) is 0 Å². The smallest absolute Gasteiger partial charge is 0.306 e. The van der Waals surface area contributed by atoms with E-state index in [2.05, 4.69) is 76.0 Å². The number of hydrogen-bond acceptors (Lipinski definition) is 2. The van der Waals surface area contributed by atoms with Gasteiger partial charge in [-0.2, -0.15) is 0 Å². The lowest BCUT2D eigenvalue weighted by atomic mass is 10.1. The highest BCUT2D eigenvalue weighted by molar-refractivity contribution is 9.10. The van der Waals surface area contributed by atoms with Gasteiger partial charge in [-0.15, -0.1) is 0 Å². The Hall–Kier alpha value is -2.33. The summed E-state index contributed by atoms with van der Waals surface area (Å²) in [4.78, 5) is 11.8. The van der Waals surface area contributed by atoms with Crippen LogP contribution >= 0.6 is 15.9 Å². The molecule has 0 aliphatic carbocycles. The van der Waals surface area contributed by atoms with Gasteiger partial charge in [0.1, 0.15) is 0 Å². The molecule has 134 valence electrons. The van der Waals surface area contributed by atoms with Gasteiger partial charge in [-0.1, -0.05) is 45.8 Å². The Bertz CT molecular complexity index is 880. The molecule has 0 spiro atoms. The third-order valence-corrected chi connectivity index (χ3v) is 4.81. The van der Waals surface area contributed by atoms with Crippen LogP contribution in [0.3, 0.4) is 0 Å². The number of hydrogen-bond donors (Lipinski definition) is 0. The van der Waals surface area contributed by atoms with E-state index in [0.29, 0.717) is 19.4 Å². The van der Waals surface area contributed by atoms with Crippen molar-refractivity contribution >= 4 is 21.9 Å². The summed E-state index contributed by atoms with van der Waals surface area (Å²) < 4.78 is 8.33. The molecule has 2 aromatic carbocycles. The fourth-order valence-electron chi connectivity index (χ4n) is 2.98. The summed E-state index contributed by atoms with van der Waals surface area (Å²) in [6, 6.07) is 20.9. The zero-order chi connectivity index (χ0) is 18.5. The van der Waals surface area contributed by atoms with Crippen LogP contribution < -0.4 is 0 Å². The fourth-order valence-corrected chi connectivity index (χ4v) is 3.25. The van der Waals surface area contributed by atoms with Gasteiger partial charge in [0.05, 0.1) is 18.7 Å². The van der Waals surface area contributed by atoms with Gasteiger partial charge in [0.25, 0.3) is 0 Å². The lowest BCUT2D eigenvalue weighted by Crippen LogP contribution is -2.08. The standard InChI is InChI=1S/C22H22BrNO2/c1-3-26-22(25)15-13-20-12-14-21(17-6-4-16(2)5-7-17)24(20)19-10-8-18(23)9-11-19/h4-12,14H,3,13,15H2,1-2H3. The van der Waals surface area contributed by atoms with Gasteiger partial charge in [-0.25, -0.2) is 0 Å². The maximum Gasteiger partial charge on any atom is 0.306 e. The molecular weight excluding hydrogens is 390 g/mol. The van der Waals surface area contributed by atoms with E-state index < -0.39 is 0 Å². The number of ether oxygens (including phenoxy) is 1. The molecule has 0 N–H and O–H groups in total. The molecule has 4 heteroatoms. The van der Waals surface area contributed by atoms with E-state index in [0.717, 1.165) is 27.1 Å². The Balaban J connectivity index is 2.00. The lowest BCUT2D eigenvalue weighted by molar-refractivity contribution is -0.143. The molecule has 0 aliphatic heterocycles. The second-order valence-corrected chi connectivity index (χ2v) is 7.11. The molecule has 0 fully saturated rings. The van der Waals surface area contributed by atoms with Gasteiger partial charge >= 0.3 is 5.97 Å². The van der Waals surface area contributed by atoms with Crippen LogP contribution in [-0.2, 0) is 16.0 Å². The Labute approximate surface area is 162 Å². The van der Waals surface area contributed by atoms with Crippen LogP contribution in [0, 0.1) is 6.92 Å². The average Bonchev–Trinajstić information content (AvgIpc) is 3.05. The zero-order valence-electron chi connectivity index (χ0n) is 15.0. The molecule has 3 rings (SSSR count). The molecule has 0 bridgehead atoms. The van der Waals surface area contributed by atoms with Crippen molar-refractivity contribution in [3.63, 3.8) is 0 Å². The second kappa shape index (κ2) is 8.37. The monoisotopic (exact) mass is 411 g/mol. The Kier molecular flexibility index (Phi) is 5.94. The van der Waals surface area contributed by atoms with Crippen molar-refractivity contribution in [1.29, 1.82) is 0 Å². The van der Waals surface area contributed by atoms with Crippen LogP contribution in [-0.4, -0.2) is 17.1 Å². The van der Waals surface area contributed by atoms with Crippen molar-refractivity contribution < 1.29 is 9.53 Å². The number of benzene rings is 2. The van der Waals surface area contributed by atoms with Crippen molar-refractivity contribution in [1.82, 2.24) is 4.57 Å². The van der Waals surface area contributed by atoms with Crippen molar-refractivity contribution in [2.75, 3.05) is 6.61 Å². The molecule has 0 unspecified atom stereocenters. The molecule has 0 atom stereocenters. The first-order chi connectivity index (χ1) is 12.6.